The Kier molecular flexibility index (Phi) is 5.83. The van der Waals surface area contributed by atoms with Gasteiger partial charge in [0.1, 0.15) is 11.9 Å². The lowest BCUT2D eigenvalue weighted by molar-refractivity contribution is -0.136. The predicted octanol–water partition coefficient (Wildman–Crippen LogP) is 1.75. The van der Waals surface area contributed by atoms with Crippen molar-refractivity contribution in [2.24, 2.45) is 0 Å². The van der Waals surface area contributed by atoms with Crippen LogP contribution in [0.4, 0.5) is 4.39 Å². The Labute approximate surface area is 205 Å². The molecule has 5 rings (SSSR count). The summed E-state index contributed by atoms with van der Waals surface area (Å²) in [5, 5.41) is 10.4. The quantitative estimate of drug-likeness (QED) is 0.545. The number of amides is 4. The monoisotopic (exact) mass is 490 g/mol. The number of rotatable bonds is 5. The molecule has 4 amide bonds. The van der Waals surface area contributed by atoms with Gasteiger partial charge in [-0.1, -0.05) is 11.3 Å². The first-order valence-corrected chi connectivity index (χ1v) is 11.4. The van der Waals surface area contributed by atoms with E-state index >= 15 is 0 Å². The van der Waals surface area contributed by atoms with Crippen molar-refractivity contribution in [1.29, 1.82) is 0 Å². The average Bonchev–Trinajstić information content (AvgIpc) is 3.45. The van der Waals surface area contributed by atoms with Gasteiger partial charge in [0.25, 0.3) is 11.8 Å². The minimum Gasteiger partial charge on any atom is -0.336 e. The summed E-state index contributed by atoms with van der Waals surface area (Å²) >= 11 is 0. The van der Waals surface area contributed by atoms with Crippen molar-refractivity contribution < 1.29 is 23.6 Å². The van der Waals surface area contributed by atoms with E-state index in [1.807, 2.05) is 0 Å². The maximum Gasteiger partial charge on any atom is 0.276 e. The van der Waals surface area contributed by atoms with Crippen LogP contribution in [0.3, 0.4) is 0 Å². The zero-order chi connectivity index (χ0) is 25.6. The summed E-state index contributed by atoms with van der Waals surface area (Å²) in [6.07, 6.45) is 1.98. The highest BCUT2D eigenvalue weighted by Gasteiger charge is 2.39. The molecule has 1 atom stereocenters. The third-order valence-electron chi connectivity index (χ3n) is 6.54. The van der Waals surface area contributed by atoms with Gasteiger partial charge in [0.2, 0.25) is 11.8 Å². The van der Waals surface area contributed by atoms with Crippen molar-refractivity contribution in [2.75, 3.05) is 7.05 Å². The molecule has 1 aromatic heterocycles. The fraction of sp³-hybridized carbons (Fsp3) is 0.280. The van der Waals surface area contributed by atoms with E-state index in [1.54, 1.807) is 38.2 Å². The summed E-state index contributed by atoms with van der Waals surface area (Å²) in [5.41, 5.74) is 3.51. The Bertz CT molecular complexity index is 1420. The van der Waals surface area contributed by atoms with E-state index < -0.39 is 11.9 Å². The first kappa shape index (κ1) is 23.3. The Morgan fingerprint density at radius 1 is 1.19 bits per heavy atom. The lowest BCUT2D eigenvalue weighted by Crippen LogP contribution is -2.52. The number of nitrogens with zero attached hydrogens (tertiary/aromatic N) is 5. The van der Waals surface area contributed by atoms with Crippen molar-refractivity contribution in [1.82, 2.24) is 30.1 Å². The first-order chi connectivity index (χ1) is 17.2. The van der Waals surface area contributed by atoms with Crippen molar-refractivity contribution in [3.63, 3.8) is 0 Å². The third kappa shape index (κ3) is 4.23. The van der Waals surface area contributed by atoms with Crippen LogP contribution in [0.1, 0.15) is 50.4 Å². The van der Waals surface area contributed by atoms with Gasteiger partial charge in [-0.3, -0.25) is 24.5 Å². The highest BCUT2D eigenvalue weighted by atomic mass is 19.1. The molecular formula is C25H23FN6O4. The SMILES string of the molecule is Cc1cc(F)ccc1CN(C)C(=O)c1cn(-c2ccc3c(c2)CN(C2CCC(=O)NC2=O)C3=O)nn1. The smallest absolute Gasteiger partial charge is 0.276 e. The molecule has 1 saturated heterocycles. The summed E-state index contributed by atoms with van der Waals surface area (Å²) in [6, 6.07) is 8.86. The molecule has 3 heterocycles. The number of benzene rings is 2. The molecule has 184 valence electrons. The standard InChI is InChI=1S/C25H23FN6O4/c1-14-9-17(26)4-3-15(14)11-30(2)25(36)20-13-32(29-28-20)18-5-6-19-16(10-18)12-31(24(19)35)21-7-8-22(33)27-23(21)34/h3-6,9-10,13,21H,7-8,11-12H2,1-2H3,(H,27,33,34). The molecule has 0 spiro atoms. The minimum absolute atomic E-state index is 0.138. The van der Waals surface area contributed by atoms with Gasteiger partial charge in [0.05, 0.1) is 11.9 Å². The number of hydrogen-bond acceptors (Lipinski definition) is 6. The van der Waals surface area contributed by atoms with Crippen LogP contribution >= 0.6 is 0 Å². The number of fused-ring (bicyclic) bond motifs is 1. The number of aryl methyl sites for hydroxylation is 1. The van der Waals surface area contributed by atoms with Crippen LogP contribution in [-0.2, 0) is 22.7 Å². The molecule has 0 bridgehead atoms. The number of hydrogen-bond donors (Lipinski definition) is 1. The van der Waals surface area contributed by atoms with Crippen LogP contribution in [0.2, 0.25) is 0 Å². The molecule has 11 heteroatoms. The van der Waals surface area contributed by atoms with E-state index in [-0.39, 0.29) is 55.2 Å². The van der Waals surface area contributed by atoms with Gasteiger partial charge in [0.15, 0.2) is 5.69 Å². The van der Waals surface area contributed by atoms with Crippen molar-refractivity contribution in [3.8, 4) is 5.69 Å². The number of carbonyl (C=O) groups is 4. The van der Waals surface area contributed by atoms with Gasteiger partial charge >= 0.3 is 0 Å². The second-order valence-corrected chi connectivity index (χ2v) is 9.02. The van der Waals surface area contributed by atoms with Gasteiger partial charge in [-0.15, -0.1) is 5.10 Å². The molecule has 1 fully saturated rings. The summed E-state index contributed by atoms with van der Waals surface area (Å²) < 4.78 is 14.8. The zero-order valence-electron chi connectivity index (χ0n) is 19.7. The number of halogens is 1. The summed E-state index contributed by atoms with van der Waals surface area (Å²) in [6.45, 7) is 2.30. The van der Waals surface area contributed by atoms with E-state index in [4.69, 9.17) is 0 Å². The number of piperidine rings is 1. The molecule has 0 saturated carbocycles. The maximum atomic E-state index is 13.4. The van der Waals surface area contributed by atoms with E-state index in [1.165, 1.54) is 32.8 Å². The molecule has 2 aliphatic heterocycles. The van der Waals surface area contributed by atoms with E-state index in [0.29, 0.717) is 11.3 Å². The van der Waals surface area contributed by atoms with Crippen LogP contribution in [0.25, 0.3) is 5.69 Å². The summed E-state index contributed by atoms with van der Waals surface area (Å²) in [7, 11) is 1.63. The summed E-state index contributed by atoms with van der Waals surface area (Å²) in [4.78, 5) is 52.4. The molecule has 1 N–H and O–H groups in total. The lowest BCUT2D eigenvalue weighted by atomic mass is 10.0. The topological polar surface area (TPSA) is 118 Å². The van der Waals surface area contributed by atoms with Crippen LogP contribution in [0, 0.1) is 12.7 Å². The molecule has 10 nitrogen and oxygen atoms in total. The van der Waals surface area contributed by atoms with Crippen molar-refractivity contribution in [2.45, 2.75) is 38.9 Å². The van der Waals surface area contributed by atoms with Crippen LogP contribution in [-0.4, -0.2) is 61.5 Å². The van der Waals surface area contributed by atoms with E-state index in [9.17, 15) is 23.6 Å². The molecule has 1 unspecified atom stereocenters. The van der Waals surface area contributed by atoms with E-state index in [0.717, 1.165) is 16.7 Å². The minimum atomic E-state index is -0.693. The summed E-state index contributed by atoms with van der Waals surface area (Å²) in [5.74, 6) is -1.74. The van der Waals surface area contributed by atoms with Crippen LogP contribution in [0.5, 0.6) is 0 Å². The Morgan fingerprint density at radius 2 is 2.00 bits per heavy atom. The van der Waals surface area contributed by atoms with Crippen LogP contribution < -0.4 is 5.32 Å². The number of carbonyl (C=O) groups excluding carboxylic acids is 4. The molecule has 2 aromatic carbocycles. The van der Waals surface area contributed by atoms with Gasteiger partial charge in [0, 0.05) is 32.1 Å². The van der Waals surface area contributed by atoms with Crippen molar-refractivity contribution in [3.05, 3.63) is 76.4 Å². The molecule has 36 heavy (non-hydrogen) atoms. The Balaban J connectivity index is 1.31. The zero-order valence-corrected chi connectivity index (χ0v) is 19.7. The highest BCUT2D eigenvalue weighted by Crippen LogP contribution is 2.29. The lowest BCUT2D eigenvalue weighted by Gasteiger charge is -2.29. The first-order valence-electron chi connectivity index (χ1n) is 11.4. The average molecular weight is 490 g/mol. The van der Waals surface area contributed by atoms with Crippen molar-refractivity contribution >= 4 is 23.6 Å². The Hall–Kier alpha value is -4.41. The number of imide groups is 1. The maximum absolute atomic E-state index is 13.4. The predicted molar refractivity (Wildman–Crippen MR) is 124 cm³/mol. The largest absolute Gasteiger partial charge is 0.336 e. The molecule has 3 aromatic rings. The highest BCUT2D eigenvalue weighted by molar-refractivity contribution is 6.05. The van der Waals surface area contributed by atoms with Gasteiger partial charge in [-0.05, 0) is 60.4 Å². The molecule has 0 radical (unpaired) electrons. The normalized spacial score (nSPS) is 17.2. The number of aromatic nitrogens is 3. The second-order valence-electron chi connectivity index (χ2n) is 9.02. The second kappa shape index (κ2) is 8.99. The molecule has 2 aliphatic rings. The Morgan fingerprint density at radius 3 is 2.75 bits per heavy atom. The van der Waals surface area contributed by atoms with E-state index in [2.05, 4.69) is 15.6 Å². The van der Waals surface area contributed by atoms with Crippen LogP contribution in [0.15, 0.2) is 42.6 Å². The fourth-order valence-electron chi connectivity index (χ4n) is 4.55. The third-order valence-corrected chi connectivity index (χ3v) is 6.54. The van der Waals surface area contributed by atoms with Gasteiger partial charge in [-0.25, -0.2) is 9.07 Å². The van der Waals surface area contributed by atoms with Gasteiger partial charge < -0.3 is 9.80 Å². The molecule has 0 aliphatic carbocycles. The fourth-order valence-corrected chi connectivity index (χ4v) is 4.55. The van der Waals surface area contributed by atoms with Gasteiger partial charge in [-0.2, -0.15) is 0 Å². The molecular weight excluding hydrogens is 467 g/mol. The number of nitrogens with one attached hydrogen (secondary N) is 1.